The van der Waals surface area contributed by atoms with Crippen molar-refractivity contribution < 1.29 is 4.74 Å². The molecule has 1 aromatic heterocycles. The lowest BCUT2D eigenvalue weighted by molar-refractivity contribution is 0.309. The molecular formula is C17H22N2O. The minimum absolute atomic E-state index is 0.713. The summed E-state index contributed by atoms with van der Waals surface area (Å²) in [5, 5.41) is 4.65. The number of pyridine rings is 1. The molecule has 0 atom stereocenters. The molecule has 0 radical (unpaired) electrons. The van der Waals surface area contributed by atoms with Gasteiger partial charge in [0.25, 0.3) is 0 Å². The van der Waals surface area contributed by atoms with E-state index in [2.05, 4.69) is 22.4 Å². The van der Waals surface area contributed by atoms with Crippen LogP contribution in [-0.2, 0) is 0 Å². The van der Waals surface area contributed by atoms with Gasteiger partial charge in [0.2, 0.25) is 0 Å². The van der Waals surface area contributed by atoms with Crippen LogP contribution in [-0.4, -0.2) is 24.7 Å². The molecule has 1 aromatic carbocycles. The molecule has 1 heterocycles. The Morgan fingerprint density at radius 2 is 2.10 bits per heavy atom. The first-order valence-electron chi connectivity index (χ1n) is 7.60. The Balaban J connectivity index is 1.42. The topological polar surface area (TPSA) is 34.1 Å². The lowest BCUT2D eigenvalue weighted by Gasteiger charge is -2.11. The van der Waals surface area contributed by atoms with E-state index >= 15 is 0 Å². The van der Waals surface area contributed by atoms with Crippen LogP contribution in [0.5, 0.6) is 5.75 Å². The van der Waals surface area contributed by atoms with E-state index in [-0.39, 0.29) is 0 Å². The van der Waals surface area contributed by atoms with E-state index < -0.39 is 0 Å². The molecule has 0 aliphatic heterocycles. The quantitative estimate of drug-likeness (QED) is 0.817. The Bertz CT molecular complexity index is 549. The number of nitrogens with zero attached hydrogens (tertiary/aromatic N) is 1. The van der Waals surface area contributed by atoms with Gasteiger partial charge in [0.15, 0.2) is 0 Å². The maximum absolute atomic E-state index is 5.78. The van der Waals surface area contributed by atoms with Gasteiger partial charge in [0.05, 0.1) is 5.52 Å². The van der Waals surface area contributed by atoms with Gasteiger partial charge in [-0.25, -0.2) is 0 Å². The van der Waals surface area contributed by atoms with Gasteiger partial charge >= 0.3 is 0 Å². The number of ether oxygens (including phenoxy) is 1. The van der Waals surface area contributed by atoms with E-state index in [4.69, 9.17) is 4.74 Å². The summed E-state index contributed by atoms with van der Waals surface area (Å²) in [5.74, 6) is 1.79. The van der Waals surface area contributed by atoms with E-state index in [1.807, 2.05) is 24.4 Å². The number of benzene rings is 1. The van der Waals surface area contributed by atoms with Crippen molar-refractivity contribution in [3.8, 4) is 5.75 Å². The summed E-state index contributed by atoms with van der Waals surface area (Å²) in [6.45, 7) is 2.77. The fourth-order valence-electron chi connectivity index (χ4n) is 2.90. The van der Waals surface area contributed by atoms with Crippen molar-refractivity contribution in [2.45, 2.75) is 25.7 Å². The molecule has 0 bridgehead atoms. The average Bonchev–Trinajstić information content (AvgIpc) is 3.00. The van der Waals surface area contributed by atoms with Crippen LogP contribution in [0.15, 0.2) is 36.5 Å². The Hall–Kier alpha value is -1.61. The predicted octanol–water partition coefficient (Wildman–Crippen LogP) is 3.39. The zero-order chi connectivity index (χ0) is 13.6. The second kappa shape index (κ2) is 6.71. The van der Waals surface area contributed by atoms with Crippen molar-refractivity contribution in [2.24, 2.45) is 5.92 Å². The van der Waals surface area contributed by atoms with E-state index in [0.29, 0.717) is 6.61 Å². The monoisotopic (exact) mass is 270 g/mol. The van der Waals surface area contributed by atoms with Gasteiger partial charge in [-0.2, -0.15) is 0 Å². The molecule has 20 heavy (non-hydrogen) atoms. The van der Waals surface area contributed by atoms with Crippen LogP contribution < -0.4 is 10.1 Å². The maximum Gasteiger partial charge on any atom is 0.121 e. The van der Waals surface area contributed by atoms with Crippen LogP contribution in [0, 0.1) is 5.92 Å². The highest BCUT2D eigenvalue weighted by Gasteiger charge is 2.13. The number of rotatable bonds is 6. The third-order valence-electron chi connectivity index (χ3n) is 4.03. The van der Waals surface area contributed by atoms with Gasteiger partial charge < -0.3 is 10.1 Å². The van der Waals surface area contributed by atoms with Crippen LogP contribution in [0.3, 0.4) is 0 Å². The molecular weight excluding hydrogens is 248 g/mol. The van der Waals surface area contributed by atoms with Crippen LogP contribution in [0.2, 0.25) is 0 Å². The van der Waals surface area contributed by atoms with Gasteiger partial charge in [-0.1, -0.05) is 18.9 Å². The highest BCUT2D eigenvalue weighted by Crippen LogP contribution is 2.23. The first kappa shape index (κ1) is 13.4. The Morgan fingerprint density at radius 1 is 1.20 bits per heavy atom. The molecule has 0 saturated heterocycles. The molecule has 3 nitrogen and oxygen atoms in total. The average molecular weight is 270 g/mol. The number of nitrogens with one attached hydrogen (secondary N) is 1. The smallest absolute Gasteiger partial charge is 0.121 e. The minimum atomic E-state index is 0.713. The zero-order valence-corrected chi connectivity index (χ0v) is 11.8. The SMILES string of the molecule is c1cnc2cc(OCCNCC3CCCC3)ccc2c1. The second-order valence-electron chi connectivity index (χ2n) is 5.56. The zero-order valence-electron chi connectivity index (χ0n) is 11.8. The molecule has 0 spiro atoms. The molecule has 1 saturated carbocycles. The molecule has 1 N–H and O–H groups in total. The maximum atomic E-state index is 5.78. The number of aromatic nitrogens is 1. The van der Waals surface area contributed by atoms with E-state index in [1.165, 1.54) is 25.7 Å². The van der Waals surface area contributed by atoms with Gasteiger partial charge in [0.1, 0.15) is 12.4 Å². The predicted molar refractivity (Wildman–Crippen MR) is 82.1 cm³/mol. The summed E-state index contributed by atoms with van der Waals surface area (Å²) in [5.41, 5.74) is 0.990. The van der Waals surface area contributed by atoms with E-state index in [1.54, 1.807) is 0 Å². The van der Waals surface area contributed by atoms with Crippen molar-refractivity contribution in [2.75, 3.05) is 19.7 Å². The third-order valence-corrected chi connectivity index (χ3v) is 4.03. The largest absolute Gasteiger partial charge is 0.492 e. The summed E-state index contributed by atoms with van der Waals surface area (Å²) >= 11 is 0. The summed E-state index contributed by atoms with van der Waals surface area (Å²) < 4.78 is 5.78. The summed E-state index contributed by atoms with van der Waals surface area (Å²) in [4.78, 5) is 4.34. The molecule has 0 amide bonds. The lowest BCUT2D eigenvalue weighted by atomic mass is 10.1. The highest BCUT2D eigenvalue weighted by atomic mass is 16.5. The Kier molecular flexibility index (Phi) is 4.49. The Labute approximate surface area is 120 Å². The highest BCUT2D eigenvalue weighted by molar-refractivity contribution is 5.79. The van der Waals surface area contributed by atoms with E-state index in [0.717, 1.165) is 35.7 Å². The number of hydrogen-bond donors (Lipinski definition) is 1. The fourth-order valence-corrected chi connectivity index (χ4v) is 2.90. The molecule has 3 heteroatoms. The number of hydrogen-bond acceptors (Lipinski definition) is 3. The summed E-state index contributed by atoms with van der Waals surface area (Å²) in [7, 11) is 0. The summed E-state index contributed by atoms with van der Waals surface area (Å²) in [6.07, 6.45) is 7.42. The van der Waals surface area contributed by atoms with Gasteiger partial charge in [-0.05, 0) is 43.5 Å². The summed E-state index contributed by atoms with van der Waals surface area (Å²) in [6, 6.07) is 10.1. The first-order chi connectivity index (χ1) is 9.92. The molecule has 3 rings (SSSR count). The van der Waals surface area contributed by atoms with Crippen LogP contribution in [0.1, 0.15) is 25.7 Å². The standard InChI is InChI=1S/C17H22N2O/c1-2-5-14(4-1)13-18-10-11-20-16-8-7-15-6-3-9-19-17(15)12-16/h3,6-9,12,14,18H,1-2,4-5,10-11,13H2. The third kappa shape index (κ3) is 3.48. The normalized spacial score (nSPS) is 15.8. The van der Waals surface area contributed by atoms with Crippen molar-refractivity contribution in [1.82, 2.24) is 10.3 Å². The molecule has 1 aliphatic rings. The minimum Gasteiger partial charge on any atom is -0.492 e. The molecule has 106 valence electrons. The number of fused-ring (bicyclic) bond motifs is 1. The van der Waals surface area contributed by atoms with Crippen LogP contribution >= 0.6 is 0 Å². The van der Waals surface area contributed by atoms with Crippen LogP contribution in [0.4, 0.5) is 0 Å². The van der Waals surface area contributed by atoms with Crippen molar-refractivity contribution in [3.05, 3.63) is 36.5 Å². The van der Waals surface area contributed by atoms with E-state index in [9.17, 15) is 0 Å². The van der Waals surface area contributed by atoms with Gasteiger partial charge in [0, 0.05) is 24.2 Å². The first-order valence-corrected chi connectivity index (χ1v) is 7.60. The van der Waals surface area contributed by atoms with Crippen LogP contribution in [0.25, 0.3) is 10.9 Å². The lowest BCUT2D eigenvalue weighted by Crippen LogP contribution is -2.26. The van der Waals surface area contributed by atoms with Crippen molar-refractivity contribution in [3.63, 3.8) is 0 Å². The Morgan fingerprint density at radius 3 is 3.00 bits per heavy atom. The van der Waals surface area contributed by atoms with Gasteiger partial charge in [-0.15, -0.1) is 0 Å². The molecule has 2 aromatic rings. The second-order valence-corrected chi connectivity index (χ2v) is 5.56. The fraction of sp³-hybridized carbons (Fsp3) is 0.471. The molecule has 1 aliphatic carbocycles. The van der Waals surface area contributed by atoms with Gasteiger partial charge in [-0.3, -0.25) is 4.98 Å². The van der Waals surface area contributed by atoms with Crippen molar-refractivity contribution >= 4 is 10.9 Å². The molecule has 1 fully saturated rings. The van der Waals surface area contributed by atoms with Crippen molar-refractivity contribution in [1.29, 1.82) is 0 Å². The molecule has 0 unspecified atom stereocenters.